The van der Waals surface area contributed by atoms with E-state index in [1.807, 2.05) is 18.9 Å². The number of halogens is 2. The number of hydrogen-bond donors (Lipinski definition) is 0. The van der Waals surface area contributed by atoms with E-state index in [1.54, 1.807) is 0 Å². The van der Waals surface area contributed by atoms with Crippen molar-refractivity contribution in [1.29, 1.82) is 0 Å². The Balaban J connectivity index is -0.00000000639. The fourth-order valence-corrected chi connectivity index (χ4v) is 0.340. The fourth-order valence-electron chi connectivity index (χ4n) is 0.340. The van der Waals surface area contributed by atoms with Crippen LogP contribution in [0.3, 0.4) is 0 Å². The summed E-state index contributed by atoms with van der Waals surface area (Å²) in [5, 5.41) is 0. The summed E-state index contributed by atoms with van der Waals surface area (Å²) in [6.07, 6.45) is 10.0. The van der Waals surface area contributed by atoms with Crippen LogP contribution in [0.5, 0.6) is 0 Å². The van der Waals surface area contributed by atoms with Crippen molar-refractivity contribution >= 4 is 6.79 Å². The first-order valence-corrected chi connectivity index (χ1v) is 2.01. The Morgan fingerprint density at radius 1 is 1.00 bits per heavy atom. The molecular weight excluding hydrogens is 449 g/mol. The maximum Gasteiger partial charge on any atom is 2.00 e. The van der Waals surface area contributed by atoms with Gasteiger partial charge in [-0.1, -0.05) is 0 Å². The Bertz CT molecular complexity index is 86.1. The average molecular weight is 468 g/mol. The van der Waals surface area contributed by atoms with Gasteiger partial charge in [-0.3, -0.25) is 6.08 Å². The van der Waals surface area contributed by atoms with Crippen LogP contribution in [-0.2, 0) is 21.6 Å². The maximum absolute atomic E-state index is 8.00. The van der Waals surface area contributed by atoms with Gasteiger partial charge in [-0.05, 0) is 0 Å². The van der Waals surface area contributed by atoms with Gasteiger partial charge in [-0.15, -0.1) is 6.42 Å². The quantitative estimate of drug-likeness (QED) is 0.273. The minimum Gasteiger partial charge on any atom is -1.00 e. The molecule has 0 N–H and O–H groups in total. The molecule has 0 aromatic rings. The third kappa shape index (κ3) is 51.5. The van der Waals surface area contributed by atoms with E-state index < -0.39 is 0 Å². The van der Waals surface area contributed by atoms with Crippen molar-refractivity contribution < 1.29 is 69.5 Å². The topological polar surface area (TPSA) is 17.1 Å². The second-order valence-electron chi connectivity index (χ2n) is 1.00. The van der Waals surface area contributed by atoms with E-state index in [-0.39, 0.29) is 94.4 Å². The second kappa shape index (κ2) is 64.9. The average Bonchev–Trinajstić information content (AvgIpc) is 2.23. The van der Waals surface area contributed by atoms with Gasteiger partial charge in [0.05, 0.1) is 0 Å². The van der Waals surface area contributed by atoms with Crippen molar-refractivity contribution in [2.24, 2.45) is 0 Å². The van der Waals surface area contributed by atoms with Crippen molar-refractivity contribution in [1.82, 2.24) is 0 Å². The van der Waals surface area contributed by atoms with Gasteiger partial charge < -0.3 is 82.5 Å². The maximum atomic E-state index is 8.00. The zero-order chi connectivity index (χ0) is 5.54. The summed E-state index contributed by atoms with van der Waals surface area (Å²) in [4.78, 5) is 8.00. The molecule has 0 aromatic carbocycles. The number of hydrogen-bond acceptors (Lipinski definition) is 1. The summed E-state index contributed by atoms with van der Waals surface area (Å²) in [6, 6.07) is 0. The Hall–Kier alpha value is 1.12. The third-order valence-corrected chi connectivity index (χ3v) is 0.586. The molecule has 0 unspecified atom stereocenters. The monoisotopic (exact) mass is 468 g/mol. The second-order valence-corrected chi connectivity index (χ2v) is 1.00. The molecule has 1 aliphatic carbocycles. The smallest absolute Gasteiger partial charge is 1.00 e. The standard InChI is InChI=1S/C5H5.CH2O.4CH3.Co.2HI/c1-2-4-5-3-1;1-2;;;;;;;/h1-3H,4H2;1H2;4*1H3;;2*1H/q-1;;4*-1;+2;;/p-2. The molecule has 0 aliphatic heterocycles. The van der Waals surface area contributed by atoms with Gasteiger partial charge in [0.15, 0.2) is 0 Å². The number of carbonyl (C=O) groups excluding carboxylic acids is 1. The van der Waals surface area contributed by atoms with Gasteiger partial charge in [0.25, 0.3) is 0 Å². The normalized spacial score (nSPS) is 6.57. The van der Waals surface area contributed by atoms with Gasteiger partial charge in [0.2, 0.25) is 0 Å². The molecule has 0 fully saturated rings. The van der Waals surface area contributed by atoms with E-state index >= 15 is 0 Å². The predicted molar refractivity (Wildman–Crippen MR) is 54.3 cm³/mol. The van der Waals surface area contributed by atoms with Crippen molar-refractivity contribution in [2.45, 2.75) is 6.42 Å². The molecule has 4 heteroatoms. The van der Waals surface area contributed by atoms with E-state index in [0.29, 0.717) is 0 Å². The van der Waals surface area contributed by atoms with E-state index in [2.05, 4.69) is 12.2 Å². The first-order valence-electron chi connectivity index (χ1n) is 2.01. The SMILES string of the molecule is C=O.[C-]1=CC=CC1.[CH3-].[CH3-].[CH3-].[CH3-].[Co+2].[I-].[I-]. The molecule has 1 nitrogen and oxygen atoms in total. The molecule has 1 rings (SSSR count). The van der Waals surface area contributed by atoms with Gasteiger partial charge in [0, 0.05) is 0 Å². The molecule has 0 amide bonds. The van der Waals surface area contributed by atoms with Crippen molar-refractivity contribution in [3.05, 3.63) is 54.0 Å². The van der Waals surface area contributed by atoms with Gasteiger partial charge in [0.1, 0.15) is 6.79 Å². The Morgan fingerprint density at radius 2 is 1.36 bits per heavy atom. The van der Waals surface area contributed by atoms with Crippen LogP contribution in [0.1, 0.15) is 6.42 Å². The minimum atomic E-state index is 0. The first kappa shape index (κ1) is 59.5. The van der Waals surface area contributed by atoms with Crippen LogP contribution in [0.4, 0.5) is 0 Å². The largest absolute Gasteiger partial charge is 2.00 e. The van der Waals surface area contributed by atoms with Crippen LogP contribution in [-0.4, -0.2) is 6.79 Å². The summed E-state index contributed by atoms with van der Waals surface area (Å²) < 4.78 is 0. The van der Waals surface area contributed by atoms with Crippen molar-refractivity contribution in [3.63, 3.8) is 0 Å². The van der Waals surface area contributed by atoms with E-state index in [9.17, 15) is 0 Å². The number of carbonyl (C=O) groups is 1. The fraction of sp³-hybridized carbons (Fsp3) is 0.100. The summed E-state index contributed by atoms with van der Waals surface area (Å²) >= 11 is 0. The van der Waals surface area contributed by atoms with Crippen LogP contribution < -0.4 is 48.0 Å². The Labute approximate surface area is 135 Å². The zero-order valence-electron chi connectivity index (χ0n) is 9.14. The van der Waals surface area contributed by atoms with Crippen molar-refractivity contribution in [3.8, 4) is 0 Å². The molecule has 14 heavy (non-hydrogen) atoms. The van der Waals surface area contributed by atoms with E-state index in [1.165, 1.54) is 0 Å². The molecule has 93 valence electrons. The van der Waals surface area contributed by atoms with Crippen LogP contribution >= 0.6 is 0 Å². The van der Waals surface area contributed by atoms with E-state index in [0.717, 1.165) is 6.42 Å². The van der Waals surface area contributed by atoms with Gasteiger partial charge >= 0.3 is 16.8 Å². The molecule has 1 radical (unpaired) electrons. The molecular formula is C10H19CoI2O-5. The summed E-state index contributed by atoms with van der Waals surface area (Å²) in [7, 11) is 0. The third-order valence-electron chi connectivity index (χ3n) is 0.586. The van der Waals surface area contributed by atoms with Crippen LogP contribution in [0.15, 0.2) is 18.2 Å². The molecule has 0 saturated carbocycles. The summed E-state index contributed by atoms with van der Waals surface area (Å²) in [6.45, 7) is 2.00. The molecule has 0 saturated heterocycles. The Kier molecular flexibility index (Phi) is 276. The summed E-state index contributed by atoms with van der Waals surface area (Å²) in [5.41, 5.74) is 0. The molecule has 1 aliphatic rings. The van der Waals surface area contributed by atoms with Gasteiger partial charge in [-0.25, -0.2) is 12.2 Å². The van der Waals surface area contributed by atoms with Gasteiger partial charge in [-0.2, -0.15) is 6.08 Å². The van der Waals surface area contributed by atoms with Crippen molar-refractivity contribution in [2.75, 3.05) is 0 Å². The molecule has 0 bridgehead atoms. The minimum absolute atomic E-state index is 0. The van der Waals surface area contributed by atoms with Crippen LogP contribution in [0.2, 0.25) is 0 Å². The van der Waals surface area contributed by atoms with Crippen LogP contribution in [0, 0.1) is 35.8 Å². The Morgan fingerprint density at radius 3 is 1.43 bits per heavy atom. The predicted octanol–water partition coefficient (Wildman–Crippen LogP) is -3.07. The van der Waals surface area contributed by atoms with E-state index in [4.69, 9.17) is 4.79 Å². The molecule has 0 spiro atoms. The zero-order valence-corrected chi connectivity index (χ0v) is 14.5. The molecule has 0 aromatic heterocycles. The first-order chi connectivity index (χ1) is 3.50. The van der Waals surface area contributed by atoms with Crippen LogP contribution in [0.25, 0.3) is 0 Å². The molecule has 0 heterocycles. The molecule has 0 atom stereocenters. The number of rotatable bonds is 0. The summed E-state index contributed by atoms with van der Waals surface area (Å²) in [5.74, 6) is 0. The number of allylic oxidation sites excluding steroid dienone is 4.